The molecule has 5 rings (SSSR count). The van der Waals surface area contributed by atoms with Gasteiger partial charge in [0.15, 0.2) is 11.9 Å². The predicted molar refractivity (Wildman–Crippen MR) is 123 cm³/mol. The van der Waals surface area contributed by atoms with Gasteiger partial charge in [0, 0.05) is 18.5 Å². The smallest absolute Gasteiger partial charge is 0.175 e. The van der Waals surface area contributed by atoms with Crippen molar-refractivity contribution in [1.29, 1.82) is 0 Å². The number of rotatable bonds is 10. The van der Waals surface area contributed by atoms with E-state index in [1.807, 2.05) is 0 Å². The topological polar surface area (TPSA) is 60.2 Å². The minimum Gasteiger partial charge on any atom is -0.493 e. The van der Waals surface area contributed by atoms with Crippen molar-refractivity contribution in [3.05, 3.63) is 23.4 Å². The molecule has 2 saturated heterocycles. The summed E-state index contributed by atoms with van der Waals surface area (Å²) in [6.45, 7) is 6.22. The molecule has 0 atom stereocenters. The summed E-state index contributed by atoms with van der Waals surface area (Å²) < 4.78 is 23.2. The summed E-state index contributed by atoms with van der Waals surface area (Å²) in [4.78, 5) is 4.64. The highest BCUT2D eigenvalue weighted by Gasteiger charge is 2.26. The van der Waals surface area contributed by atoms with Crippen molar-refractivity contribution >= 4 is 11.0 Å². The molecule has 7 nitrogen and oxygen atoms in total. The summed E-state index contributed by atoms with van der Waals surface area (Å²) in [5.74, 6) is 2.42. The molecule has 0 spiro atoms. The Labute approximate surface area is 190 Å². The zero-order valence-corrected chi connectivity index (χ0v) is 19.6. The van der Waals surface area contributed by atoms with Crippen molar-refractivity contribution in [1.82, 2.24) is 15.0 Å². The zero-order valence-electron chi connectivity index (χ0n) is 19.6. The number of piperidine rings is 1. The molecule has 1 aromatic carbocycles. The van der Waals surface area contributed by atoms with Gasteiger partial charge in [0.1, 0.15) is 5.75 Å². The monoisotopic (exact) mass is 443 g/mol. The molecule has 0 radical (unpaired) electrons. The number of fused-ring (bicyclic) bond motifs is 1. The van der Waals surface area contributed by atoms with Crippen molar-refractivity contribution in [2.75, 3.05) is 53.6 Å². The molecule has 0 amide bonds. The minimum atomic E-state index is -0.0254. The van der Waals surface area contributed by atoms with Crippen LogP contribution in [0.3, 0.4) is 0 Å². The van der Waals surface area contributed by atoms with E-state index in [0.29, 0.717) is 0 Å². The summed E-state index contributed by atoms with van der Waals surface area (Å²) in [7, 11) is 4.16. The van der Waals surface area contributed by atoms with Crippen LogP contribution in [0.25, 0.3) is 11.0 Å². The quantitative estimate of drug-likeness (QED) is 0.555. The number of hydrogen-bond acceptors (Lipinski definition) is 7. The van der Waals surface area contributed by atoms with E-state index in [1.54, 1.807) is 0 Å². The predicted octanol–water partition coefficient (Wildman–Crippen LogP) is 3.70. The van der Waals surface area contributed by atoms with Crippen LogP contribution in [0.1, 0.15) is 43.4 Å². The van der Waals surface area contributed by atoms with Crippen LogP contribution in [0.2, 0.25) is 0 Å². The Hall–Kier alpha value is -1.67. The third-order valence-corrected chi connectivity index (χ3v) is 7.02. The van der Waals surface area contributed by atoms with Gasteiger partial charge in [-0.05, 0) is 89.7 Å². The molecule has 176 valence electrons. The maximum atomic E-state index is 6.16. The second-order valence-electron chi connectivity index (χ2n) is 9.99. The van der Waals surface area contributed by atoms with E-state index >= 15 is 0 Å². The minimum absolute atomic E-state index is 0.0254. The van der Waals surface area contributed by atoms with E-state index < -0.39 is 0 Å². The fourth-order valence-electron chi connectivity index (χ4n) is 4.89. The van der Waals surface area contributed by atoms with Crippen LogP contribution in [-0.2, 0) is 22.4 Å². The van der Waals surface area contributed by atoms with Crippen LogP contribution < -0.4 is 4.74 Å². The van der Waals surface area contributed by atoms with Crippen molar-refractivity contribution in [3.8, 4) is 5.75 Å². The van der Waals surface area contributed by atoms with E-state index in [4.69, 9.17) is 18.7 Å². The SMILES string of the molecule is CN(C)Cc1c(OCC2CC2)ccc2c(CCC3CCN(CC4OCCO4)CC3)noc12. The molecule has 1 saturated carbocycles. The van der Waals surface area contributed by atoms with Gasteiger partial charge in [-0.1, -0.05) is 5.16 Å². The number of aryl methyl sites for hydroxylation is 1. The van der Waals surface area contributed by atoms with E-state index in [1.165, 1.54) is 25.7 Å². The highest BCUT2D eigenvalue weighted by Crippen LogP contribution is 2.35. The molecule has 3 heterocycles. The maximum absolute atomic E-state index is 6.16. The van der Waals surface area contributed by atoms with Gasteiger partial charge < -0.3 is 23.6 Å². The highest BCUT2D eigenvalue weighted by atomic mass is 16.7. The van der Waals surface area contributed by atoms with E-state index in [9.17, 15) is 0 Å². The third-order valence-electron chi connectivity index (χ3n) is 7.02. The van der Waals surface area contributed by atoms with E-state index in [0.717, 1.165) is 98.7 Å². The fraction of sp³-hybridized carbons (Fsp3) is 0.720. The average Bonchev–Trinajstić information content (AvgIpc) is 3.30. The number of ether oxygens (including phenoxy) is 3. The normalized spacial score (nSPS) is 21.2. The molecule has 1 aliphatic carbocycles. The molecule has 32 heavy (non-hydrogen) atoms. The molecule has 7 heteroatoms. The Balaban J connectivity index is 1.19. The Bertz CT molecular complexity index is 881. The fourth-order valence-corrected chi connectivity index (χ4v) is 4.89. The maximum Gasteiger partial charge on any atom is 0.175 e. The van der Waals surface area contributed by atoms with Gasteiger partial charge in [0.05, 0.1) is 31.1 Å². The Morgan fingerprint density at radius 2 is 1.84 bits per heavy atom. The van der Waals surface area contributed by atoms with E-state index in [-0.39, 0.29) is 6.29 Å². The Morgan fingerprint density at radius 1 is 1.06 bits per heavy atom. The summed E-state index contributed by atoms with van der Waals surface area (Å²) >= 11 is 0. The van der Waals surface area contributed by atoms with Crippen molar-refractivity contribution in [3.63, 3.8) is 0 Å². The van der Waals surface area contributed by atoms with Crippen LogP contribution in [0.5, 0.6) is 5.75 Å². The first-order chi connectivity index (χ1) is 15.7. The molecule has 0 N–H and O–H groups in total. The second-order valence-corrected chi connectivity index (χ2v) is 9.99. The molecule has 2 aromatic rings. The van der Waals surface area contributed by atoms with Gasteiger partial charge >= 0.3 is 0 Å². The van der Waals surface area contributed by atoms with Gasteiger partial charge in [-0.2, -0.15) is 0 Å². The number of benzene rings is 1. The van der Waals surface area contributed by atoms with Crippen LogP contribution in [0.15, 0.2) is 16.7 Å². The van der Waals surface area contributed by atoms with E-state index in [2.05, 4.69) is 41.2 Å². The lowest BCUT2D eigenvalue weighted by Crippen LogP contribution is -2.39. The summed E-state index contributed by atoms with van der Waals surface area (Å²) in [6.07, 6.45) is 7.14. The molecule has 1 aromatic heterocycles. The molecule has 2 aliphatic heterocycles. The third kappa shape index (κ3) is 5.45. The number of hydrogen-bond donors (Lipinski definition) is 0. The highest BCUT2D eigenvalue weighted by molar-refractivity contribution is 5.84. The van der Waals surface area contributed by atoms with Crippen molar-refractivity contribution < 1.29 is 18.7 Å². The van der Waals surface area contributed by atoms with Crippen LogP contribution in [-0.4, -0.2) is 74.8 Å². The standard InChI is InChI=1S/C25H37N3O4/c1-27(2)15-21-23(31-17-19-3-4-19)8-6-20-22(26-32-25(20)21)7-5-18-9-11-28(12-10-18)16-24-29-13-14-30-24/h6,8,18-19,24H,3-5,7,9-17H2,1-2H3. The summed E-state index contributed by atoms with van der Waals surface area (Å²) in [6, 6.07) is 4.27. The van der Waals surface area contributed by atoms with Gasteiger partial charge in [0.2, 0.25) is 0 Å². The summed E-state index contributed by atoms with van der Waals surface area (Å²) in [5, 5.41) is 5.63. The largest absolute Gasteiger partial charge is 0.493 e. The first-order valence-electron chi connectivity index (χ1n) is 12.3. The summed E-state index contributed by atoms with van der Waals surface area (Å²) in [5.41, 5.74) is 3.11. The second kappa shape index (κ2) is 10.1. The van der Waals surface area contributed by atoms with Crippen LogP contribution >= 0.6 is 0 Å². The van der Waals surface area contributed by atoms with Crippen molar-refractivity contribution in [2.24, 2.45) is 11.8 Å². The molecular formula is C25H37N3O4. The molecule has 3 fully saturated rings. The van der Waals surface area contributed by atoms with Crippen LogP contribution in [0.4, 0.5) is 0 Å². The van der Waals surface area contributed by atoms with Gasteiger partial charge in [0.25, 0.3) is 0 Å². The molecule has 3 aliphatic rings. The lowest BCUT2D eigenvalue weighted by molar-refractivity contribution is -0.0661. The molecule has 0 unspecified atom stereocenters. The number of nitrogens with zero attached hydrogens (tertiary/aromatic N) is 3. The molecular weight excluding hydrogens is 406 g/mol. The lowest BCUT2D eigenvalue weighted by atomic mass is 9.91. The van der Waals surface area contributed by atoms with Gasteiger partial charge in [-0.3, -0.25) is 4.90 Å². The Kier molecular flexibility index (Phi) is 6.97. The first kappa shape index (κ1) is 22.1. The van der Waals surface area contributed by atoms with Gasteiger partial charge in [-0.15, -0.1) is 0 Å². The average molecular weight is 444 g/mol. The number of likely N-dealkylation sites (tertiary alicyclic amines) is 1. The lowest BCUT2D eigenvalue weighted by Gasteiger charge is -2.32. The van der Waals surface area contributed by atoms with Crippen LogP contribution in [0, 0.1) is 11.8 Å². The Morgan fingerprint density at radius 3 is 2.56 bits per heavy atom. The first-order valence-corrected chi connectivity index (χ1v) is 12.3. The number of aromatic nitrogens is 1. The van der Waals surface area contributed by atoms with Crippen molar-refractivity contribution in [2.45, 2.75) is 51.4 Å². The zero-order chi connectivity index (χ0) is 21.9. The van der Waals surface area contributed by atoms with Gasteiger partial charge in [-0.25, -0.2) is 0 Å². The molecule has 0 bridgehead atoms.